The Morgan fingerprint density at radius 2 is 1.66 bits per heavy atom. The number of phenols is 1. The van der Waals surface area contributed by atoms with Crippen LogP contribution in [-0.2, 0) is 4.65 Å². The van der Waals surface area contributed by atoms with Crippen LogP contribution in [0.15, 0.2) is 77.4 Å². The number of ketones is 2. The molecule has 0 aromatic heterocycles. The number of Topliss-reactive ketones (excluding diaryl/α,β-unsaturated/α-hetero) is 2. The van der Waals surface area contributed by atoms with E-state index in [1.807, 2.05) is 42.5 Å². The standard InChI is InChI=1S/C35H37BO5/c1-4-21(17-22-14-15-30(37)24-10-6-5-9-23(22)24)13-16-31-32-27(20(2)3)18-28-33(29(32)19-36(40)41-31)35(39)26-12-8-7-11-25(26)34(28)38/h5-12,14-15,17,20,28-29,31,33,37,40H,4,13,16,18-19H2,1-3H3/b21-17+/t28-,29+,31-,33-/m1/s1. The van der Waals surface area contributed by atoms with Crippen LogP contribution in [0.1, 0.15) is 72.7 Å². The second kappa shape index (κ2) is 11.1. The molecule has 4 atom stereocenters. The molecule has 3 aliphatic rings. The van der Waals surface area contributed by atoms with E-state index in [0.717, 1.165) is 34.8 Å². The summed E-state index contributed by atoms with van der Waals surface area (Å²) < 4.78 is 6.22. The molecule has 0 spiro atoms. The fourth-order valence-corrected chi connectivity index (χ4v) is 7.47. The summed E-state index contributed by atoms with van der Waals surface area (Å²) in [6.45, 7) is 6.44. The van der Waals surface area contributed by atoms with Gasteiger partial charge >= 0.3 is 7.12 Å². The summed E-state index contributed by atoms with van der Waals surface area (Å²) >= 11 is 0. The number of hydrogen-bond donors (Lipinski definition) is 2. The molecule has 0 bridgehead atoms. The van der Waals surface area contributed by atoms with Crippen LogP contribution < -0.4 is 0 Å². The Morgan fingerprint density at radius 1 is 0.976 bits per heavy atom. The average molecular weight is 548 g/mol. The zero-order valence-corrected chi connectivity index (χ0v) is 24.0. The fraction of sp³-hybridized carbons (Fsp3) is 0.371. The number of aromatic hydroxyl groups is 1. The molecule has 1 saturated heterocycles. The van der Waals surface area contributed by atoms with Crippen molar-refractivity contribution in [2.75, 3.05) is 0 Å². The molecule has 41 heavy (non-hydrogen) atoms. The van der Waals surface area contributed by atoms with Crippen LogP contribution in [-0.4, -0.2) is 34.9 Å². The zero-order chi connectivity index (χ0) is 28.8. The highest BCUT2D eigenvalue weighted by Crippen LogP contribution is 2.52. The molecule has 210 valence electrons. The van der Waals surface area contributed by atoms with Gasteiger partial charge < -0.3 is 14.8 Å². The summed E-state index contributed by atoms with van der Waals surface area (Å²) in [4.78, 5) is 27.5. The van der Waals surface area contributed by atoms with Crippen molar-refractivity contribution in [1.82, 2.24) is 0 Å². The van der Waals surface area contributed by atoms with E-state index in [9.17, 15) is 19.7 Å². The molecular formula is C35H37BO5. The molecule has 0 amide bonds. The van der Waals surface area contributed by atoms with Crippen LogP contribution in [0.3, 0.4) is 0 Å². The lowest BCUT2D eigenvalue weighted by atomic mass is 9.53. The lowest BCUT2D eigenvalue weighted by Crippen LogP contribution is -2.51. The fourth-order valence-electron chi connectivity index (χ4n) is 7.47. The second-order valence-electron chi connectivity index (χ2n) is 12.1. The molecule has 2 N–H and O–H groups in total. The number of carbonyl (C=O) groups excluding carboxylic acids is 2. The summed E-state index contributed by atoms with van der Waals surface area (Å²) in [5.74, 6) is -0.495. The highest BCUT2D eigenvalue weighted by Gasteiger charge is 2.53. The molecule has 0 radical (unpaired) electrons. The Kier molecular flexibility index (Phi) is 7.48. The van der Waals surface area contributed by atoms with Gasteiger partial charge in [0.1, 0.15) is 5.75 Å². The zero-order valence-electron chi connectivity index (χ0n) is 24.0. The van der Waals surface area contributed by atoms with Gasteiger partial charge in [0.15, 0.2) is 11.6 Å². The van der Waals surface area contributed by atoms with E-state index < -0.39 is 13.0 Å². The largest absolute Gasteiger partial charge is 0.507 e. The molecular weight excluding hydrogens is 511 g/mol. The van der Waals surface area contributed by atoms with Gasteiger partial charge in [-0.25, -0.2) is 0 Å². The predicted molar refractivity (Wildman–Crippen MR) is 163 cm³/mol. The maximum atomic E-state index is 13.9. The summed E-state index contributed by atoms with van der Waals surface area (Å²) in [5, 5.41) is 23.1. The van der Waals surface area contributed by atoms with Crippen LogP contribution in [0.2, 0.25) is 6.32 Å². The van der Waals surface area contributed by atoms with Crippen molar-refractivity contribution in [3.63, 3.8) is 0 Å². The smallest absolute Gasteiger partial charge is 0.455 e. The minimum absolute atomic E-state index is 0.0247. The number of rotatable bonds is 6. The first kappa shape index (κ1) is 27.7. The normalized spacial score (nSPS) is 24.5. The third-order valence-electron chi connectivity index (χ3n) is 9.47. The molecule has 6 heteroatoms. The van der Waals surface area contributed by atoms with Crippen molar-refractivity contribution in [2.45, 2.75) is 58.9 Å². The summed E-state index contributed by atoms with van der Waals surface area (Å²) in [7, 11) is -0.976. The van der Waals surface area contributed by atoms with Gasteiger partial charge in [-0.2, -0.15) is 0 Å². The number of hydrogen-bond acceptors (Lipinski definition) is 5. The Morgan fingerprint density at radius 3 is 2.37 bits per heavy atom. The van der Waals surface area contributed by atoms with Crippen LogP contribution in [0, 0.1) is 23.7 Å². The maximum Gasteiger partial charge on any atom is 0.455 e. The van der Waals surface area contributed by atoms with E-state index in [0.29, 0.717) is 30.3 Å². The van der Waals surface area contributed by atoms with E-state index in [-0.39, 0.29) is 41.2 Å². The molecule has 3 aromatic rings. The highest BCUT2D eigenvalue weighted by molar-refractivity contribution is 6.43. The van der Waals surface area contributed by atoms with Gasteiger partial charge in [-0.1, -0.05) is 92.6 Å². The second-order valence-corrected chi connectivity index (χ2v) is 12.1. The van der Waals surface area contributed by atoms with Crippen molar-refractivity contribution < 1.29 is 24.4 Å². The van der Waals surface area contributed by atoms with Gasteiger partial charge in [-0.05, 0) is 66.4 Å². The molecule has 6 rings (SSSR count). The maximum absolute atomic E-state index is 13.9. The third kappa shape index (κ3) is 4.87. The molecule has 0 unspecified atom stereocenters. The van der Waals surface area contributed by atoms with Crippen molar-refractivity contribution in [3.05, 3.63) is 94.1 Å². The Hall–Kier alpha value is -3.48. The van der Waals surface area contributed by atoms with Crippen molar-refractivity contribution in [2.24, 2.45) is 23.7 Å². The van der Waals surface area contributed by atoms with E-state index >= 15 is 0 Å². The molecule has 5 nitrogen and oxygen atoms in total. The first-order valence-electron chi connectivity index (χ1n) is 14.9. The summed E-state index contributed by atoms with van der Waals surface area (Å²) in [6.07, 6.45) is 5.11. The Balaban J connectivity index is 1.33. The van der Waals surface area contributed by atoms with Crippen LogP contribution in [0.4, 0.5) is 0 Å². The molecule has 2 aliphatic carbocycles. The minimum Gasteiger partial charge on any atom is -0.507 e. The Bertz CT molecular complexity index is 1580. The topological polar surface area (TPSA) is 83.8 Å². The number of benzene rings is 3. The highest BCUT2D eigenvalue weighted by atomic mass is 16.5. The van der Waals surface area contributed by atoms with Gasteiger partial charge in [0.2, 0.25) is 0 Å². The molecule has 1 heterocycles. The lowest BCUT2D eigenvalue weighted by Gasteiger charge is -2.48. The van der Waals surface area contributed by atoms with E-state index in [2.05, 4.69) is 26.8 Å². The molecule has 1 aliphatic heterocycles. The van der Waals surface area contributed by atoms with E-state index in [1.165, 1.54) is 11.1 Å². The number of allylic oxidation sites excluding steroid dienone is 2. The summed E-state index contributed by atoms with van der Waals surface area (Å²) in [6, 6.07) is 18.7. The van der Waals surface area contributed by atoms with Crippen molar-refractivity contribution in [1.29, 1.82) is 0 Å². The predicted octanol–water partition coefficient (Wildman–Crippen LogP) is 7.28. The quantitative estimate of drug-likeness (QED) is 0.250. The van der Waals surface area contributed by atoms with Gasteiger partial charge in [0.25, 0.3) is 0 Å². The molecule has 3 aromatic carbocycles. The van der Waals surface area contributed by atoms with Crippen molar-refractivity contribution in [3.8, 4) is 5.75 Å². The van der Waals surface area contributed by atoms with Crippen LogP contribution in [0.5, 0.6) is 5.75 Å². The molecule has 1 fully saturated rings. The van der Waals surface area contributed by atoms with Gasteiger partial charge in [-0.3, -0.25) is 9.59 Å². The number of phenolic OH excluding ortho intramolecular Hbond substituents is 1. The molecule has 0 saturated carbocycles. The van der Waals surface area contributed by atoms with Gasteiger partial charge in [0, 0.05) is 28.3 Å². The van der Waals surface area contributed by atoms with Crippen LogP contribution >= 0.6 is 0 Å². The monoisotopic (exact) mass is 548 g/mol. The van der Waals surface area contributed by atoms with Gasteiger partial charge in [0.05, 0.1) is 6.10 Å². The number of fused-ring (bicyclic) bond motifs is 5. The Labute approximate surface area is 242 Å². The first-order chi connectivity index (χ1) is 19.8. The first-order valence-corrected chi connectivity index (χ1v) is 14.9. The third-order valence-corrected chi connectivity index (χ3v) is 9.47. The van der Waals surface area contributed by atoms with Crippen LogP contribution in [0.25, 0.3) is 16.8 Å². The minimum atomic E-state index is -0.976. The number of carbonyl (C=O) groups is 2. The van der Waals surface area contributed by atoms with E-state index in [1.54, 1.807) is 18.2 Å². The summed E-state index contributed by atoms with van der Waals surface area (Å²) in [5.41, 5.74) is 5.71. The SMILES string of the molecule is CC/C(=C\c1ccc(O)c2ccccc12)CC[C@H]1OB(O)C[C@H]2C1=C(C(C)C)C[C@H]1C(=O)c3ccccc3C(=O)[C@H]12. The van der Waals surface area contributed by atoms with Crippen molar-refractivity contribution >= 4 is 35.5 Å². The average Bonchev–Trinajstić information content (AvgIpc) is 2.98. The van der Waals surface area contributed by atoms with E-state index in [4.69, 9.17) is 4.65 Å². The van der Waals surface area contributed by atoms with Gasteiger partial charge in [-0.15, -0.1) is 0 Å². The lowest BCUT2D eigenvalue weighted by molar-refractivity contribution is 0.0593.